The highest BCUT2D eigenvalue weighted by atomic mass is 16.4. The number of benzene rings is 1. The highest BCUT2D eigenvalue weighted by molar-refractivity contribution is 5.78. The van der Waals surface area contributed by atoms with E-state index in [1.165, 1.54) is 38.1 Å². The molecule has 0 bridgehead atoms. The first-order valence-corrected chi connectivity index (χ1v) is 6.05. The largest absolute Gasteiger partial charge is 0.508 e. The standard InChI is InChI=1S/C14H16O6/c1-14(2,19)12(17)11(16)9-5-7-3-4-8(15)6-10(7)20-13(9)18/h3-6,11-12,15-17,19H,1-2H3/t11-,12-/m1/s1. The molecular formula is C14H16O6. The maximum Gasteiger partial charge on any atom is 0.342 e. The molecule has 6 nitrogen and oxygen atoms in total. The predicted molar refractivity (Wildman–Crippen MR) is 71.4 cm³/mol. The Balaban J connectivity index is 2.52. The molecule has 0 aliphatic carbocycles. The SMILES string of the molecule is CC(C)(O)[C@H](O)[C@H](O)c1cc2ccc(O)cc2oc1=O. The maximum absolute atomic E-state index is 11.8. The summed E-state index contributed by atoms with van der Waals surface area (Å²) in [5.41, 5.74) is -2.39. The number of aliphatic hydroxyl groups is 3. The molecule has 0 amide bonds. The summed E-state index contributed by atoms with van der Waals surface area (Å²) >= 11 is 0. The second-order valence-electron chi connectivity index (χ2n) is 5.25. The maximum atomic E-state index is 11.8. The molecular weight excluding hydrogens is 264 g/mol. The topological polar surface area (TPSA) is 111 Å². The molecule has 0 aliphatic rings. The third kappa shape index (κ3) is 2.67. The van der Waals surface area contributed by atoms with Crippen molar-refractivity contribution in [3.05, 3.63) is 40.2 Å². The smallest absolute Gasteiger partial charge is 0.342 e. The van der Waals surface area contributed by atoms with Crippen molar-refractivity contribution in [2.24, 2.45) is 0 Å². The summed E-state index contributed by atoms with van der Waals surface area (Å²) < 4.78 is 4.99. The average molecular weight is 280 g/mol. The first-order valence-electron chi connectivity index (χ1n) is 6.05. The van der Waals surface area contributed by atoms with Gasteiger partial charge in [-0.15, -0.1) is 0 Å². The molecule has 0 fully saturated rings. The number of phenolic OH excluding ortho intramolecular Hbond substituents is 1. The number of aromatic hydroxyl groups is 1. The van der Waals surface area contributed by atoms with Crippen molar-refractivity contribution >= 4 is 11.0 Å². The molecule has 0 aliphatic heterocycles. The van der Waals surface area contributed by atoms with Crippen LogP contribution in [0.1, 0.15) is 25.5 Å². The summed E-state index contributed by atoms with van der Waals surface area (Å²) in [7, 11) is 0. The van der Waals surface area contributed by atoms with Crippen LogP contribution in [0.2, 0.25) is 0 Å². The fourth-order valence-corrected chi connectivity index (χ4v) is 1.88. The van der Waals surface area contributed by atoms with Crippen molar-refractivity contribution in [2.75, 3.05) is 0 Å². The molecule has 0 radical (unpaired) electrons. The quantitative estimate of drug-likeness (QED) is 0.615. The Morgan fingerprint density at radius 2 is 1.85 bits per heavy atom. The number of phenols is 1. The monoisotopic (exact) mass is 280 g/mol. The molecule has 4 N–H and O–H groups in total. The van der Waals surface area contributed by atoms with Gasteiger partial charge in [-0.25, -0.2) is 4.79 Å². The molecule has 0 saturated heterocycles. The van der Waals surface area contributed by atoms with Crippen LogP contribution in [-0.4, -0.2) is 32.1 Å². The minimum atomic E-state index is -1.58. The molecule has 20 heavy (non-hydrogen) atoms. The molecule has 1 heterocycles. The molecule has 2 atom stereocenters. The molecule has 0 spiro atoms. The van der Waals surface area contributed by atoms with E-state index in [4.69, 9.17) is 4.42 Å². The van der Waals surface area contributed by atoms with Gasteiger partial charge in [0.2, 0.25) is 0 Å². The van der Waals surface area contributed by atoms with Crippen LogP contribution in [0, 0.1) is 0 Å². The Bertz CT molecular complexity index is 682. The molecule has 108 valence electrons. The summed E-state index contributed by atoms with van der Waals surface area (Å²) in [5, 5.41) is 39.3. The number of hydrogen-bond donors (Lipinski definition) is 4. The zero-order valence-electron chi connectivity index (χ0n) is 11.1. The van der Waals surface area contributed by atoms with E-state index in [9.17, 15) is 25.2 Å². The van der Waals surface area contributed by atoms with Gasteiger partial charge in [0.05, 0.1) is 11.2 Å². The summed E-state index contributed by atoms with van der Waals surface area (Å²) in [6, 6.07) is 5.56. The van der Waals surface area contributed by atoms with Crippen LogP contribution in [0.3, 0.4) is 0 Å². The summed E-state index contributed by atoms with van der Waals surface area (Å²) in [6.45, 7) is 2.64. The van der Waals surface area contributed by atoms with Crippen molar-refractivity contribution in [2.45, 2.75) is 31.7 Å². The molecule has 2 aromatic rings. The van der Waals surface area contributed by atoms with Crippen LogP contribution >= 0.6 is 0 Å². The van der Waals surface area contributed by atoms with Crippen LogP contribution in [0.5, 0.6) is 5.75 Å². The third-order valence-electron chi connectivity index (χ3n) is 3.09. The van der Waals surface area contributed by atoms with Crippen LogP contribution in [0.25, 0.3) is 11.0 Å². The third-order valence-corrected chi connectivity index (χ3v) is 3.09. The van der Waals surface area contributed by atoms with Crippen LogP contribution in [-0.2, 0) is 0 Å². The Kier molecular flexibility index (Phi) is 3.56. The van der Waals surface area contributed by atoms with Gasteiger partial charge >= 0.3 is 5.63 Å². The Morgan fingerprint density at radius 3 is 2.45 bits per heavy atom. The lowest BCUT2D eigenvalue weighted by Crippen LogP contribution is -2.41. The van der Waals surface area contributed by atoms with Crippen LogP contribution < -0.4 is 5.63 Å². The fourth-order valence-electron chi connectivity index (χ4n) is 1.88. The molecule has 1 aromatic heterocycles. The second-order valence-corrected chi connectivity index (χ2v) is 5.25. The van der Waals surface area contributed by atoms with E-state index in [0.717, 1.165) is 0 Å². The van der Waals surface area contributed by atoms with E-state index in [1.54, 1.807) is 0 Å². The lowest BCUT2D eigenvalue weighted by atomic mass is 9.93. The van der Waals surface area contributed by atoms with Crippen molar-refractivity contribution in [3.8, 4) is 5.75 Å². The number of rotatable bonds is 3. The van der Waals surface area contributed by atoms with Crippen molar-refractivity contribution in [1.82, 2.24) is 0 Å². The zero-order valence-corrected chi connectivity index (χ0v) is 11.1. The first-order chi connectivity index (χ1) is 9.20. The molecule has 0 unspecified atom stereocenters. The Labute approximate surface area is 114 Å². The molecule has 6 heteroatoms. The van der Waals surface area contributed by atoms with Crippen molar-refractivity contribution in [3.63, 3.8) is 0 Å². The Hall–Kier alpha value is -1.89. The van der Waals surface area contributed by atoms with E-state index in [-0.39, 0.29) is 16.9 Å². The number of fused-ring (bicyclic) bond motifs is 1. The number of hydrogen-bond acceptors (Lipinski definition) is 6. The van der Waals surface area contributed by atoms with Gasteiger partial charge in [0.15, 0.2) is 0 Å². The highest BCUT2D eigenvalue weighted by Crippen LogP contribution is 2.26. The molecule has 1 aromatic carbocycles. The normalized spacial score (nSPS) is 15.2. The van der Waals surface area contributed by atoms with E-state index in [2.05, 4.69) is 0 Å². The van der Waals surface area contributed by atoms with Gasteiger partial charge in [-0.3, -0.25) is 0 Å². The highest BCUT2D eigenvalue weighted by Gasteiger charge is 2.34. The fraction of sp³-hybridized carbons (Fsp3) is 0.357. The van der Waals surface area contributed by atoms with Gasteiger partial charge in [-0.1, -0.05) is 0 Å². The lowest BCUT2D eigenvalue weighted by Gasteiger charge is -2.28. The van der Waals surface area contributed by atoms with Gasteiger partial charge < -0.3 is 24.8 Å². The van der Waals surface area contributed by atoms with Gasteiger partial charge in [0.1, 0.15) is 23.5 Å². The minimum Gasteiger partial charge on any atom is -0.508 e. The van der Waals surface area contributed by atoms with E-state index in [1.807, 2.05) is 0 Å². The predicted octanol–water partition coefficient (Wildman–Crippen LogP) is 0.664. The van der Waals surface area contributed by atoms with E-state index >= 15 is 0 Å². The zero-order chi connectivity index (χ0) is 15.1. The van der Waals surface area contributed by atoms with Crippen molar-refractivity contribution in [1.29, 1.82) is 0 Å². The van der Waals surface area contributed by atoms with E-state index < -0.39 is 23.4 Å². The number of aliphatic hydroxyl groups excluding tert-OH is 2. The molecule has 0 saturated carbocycles. The van der Waals surface area contributed by atoms with Gasteiger partial charge in [0, 0.05) is 11.5 Å². The van der Waals surface area contributed by atoms with Gasteiger partial charge in [0.25, 0.3) is 0 Å². The van der Waals surface area contributed by atoms with Crippen LogP contribution in [0.4, 0.5) is 0 Å². The minimum absolute atomic E-state index is 0.0505. The summed E-state index contributed by atoms with van der Waals surface area (Å²) in [4.78, 5) is 11.8. The summed E-state index contributed by atoms with van der Waals surface area (Å²) in [6.07, 6.45) is -3.12. The lowest BCUT2D eigenvalue weighted by molar-refractivity contribution is -0.108. The van der Waals surface area contributed by atoms with Crippen molar-refractivity contribution < 1.29 is 24.8 Å². The van der Waals surface area contributed by atoms with E-state index in [0.29, 0.717) is 5.39 Å². The molecule has 2 rings (SSSR count). The second kappa shape index (κ2) is 4.90. The summed E-state index contributed by atoms with van der Waals surface area (Å²) in [5.74, 6) is -0.0505. The average Bonchev–Trinajstić information content (AvgIpc) is 2.35. The first kappa shape index (κ1) is 14.5. The van der Waals surface area contributed by atoms with Gasteiger partial charge in [-0.05, 0) is 32.0 Å². The van der Waals surface area contributed by atoms with Crippen LogP contribution in [0.15, 0.2) is 33.5 Å². The van der Waals surface area contributed by atoms with Gasteiger partial charge in [-0.2, -0.15) is 0 Å². The Morgan fingerprint density at radius 1 is 1.20 bits per heavy atom.